The van der Waals surface area contributed by atoms with Gasteiger partial charge in [-0.3, -0.25) is 9.36 Å². The van der Waals surface area contributed by atoms with Crippen LogP contribution in [0.3, 0.4) is 0 Å². The van der Waals surface area contributed by atoms with Crippen LogP contribution in [0.4, 0.5) is 0 Å². The van der Waals surface area contributed by atoms with E-state index in [0.717, 1.165) is 0 Å². The number of furan rings is 1. The minimum absolute atomic E-state index is 0.166. The van der Waals surface area contributed by atoms with Gasteiger partial charge in [-0.05, 0) is 18.2 Å². The van der Waals surface area contributed by atoms with E-state index in [0.29, 0.717) is 11.1 Å². The molecule has 0 amide bonds. The van der Waals surface area contributed by atoms with Crippen LogP contribution >= 0.6 is 0 Å². The van der Waals surface area contributed by atoms with Gasteiger partial charge in [-0.15, -0.1) is 0 Å². The van der Waals surface area contributed by atoms with Gasteiger partial charge in [0.15, 0.2) is 11.3 Å². The first kappa shape index (κ1) is 15.6. The average Bonchev–Trinajstić information content (AvgIpc) is 3.17. The molecule has 2 aromatic heterocycles. The molecule has 0 aliphatic heterocycles. The molecule has 0 aliphatic rings. The number of ether oxygens (including phenoxy) is 2. The smallest absolute Gasteiger partial charge is 0.420 e. The summed E-state index contributed by atoms with van der Waals surface area (Å²) in [5.74, 6) is -1.75. The summed E-state index contributed by atoms with van der Waals surface area (Å²) in [5.41, 5.74) is 1.05. The molecule has 3 rings (SSSR count). The SMILES string of the molecule is COC(=O)c1ccoc1COC(=O)Cn1c(=O)oc2ccccc21. The van der Waals surface area contributed by atoms with Gasteiger partial charge in [0.2, 0.25) is 0 Å². The van der Waals surface area contributed by atoms with Crippen LogP contribution in [0.5, 0.6) is 0 Å². The van der Waals surface area contributed by atoms with Crippen molar-refractivity contribution in [1.29, 1.82) is 0 Å². The lowest BCUT2D eigenvalue weighted by Crippen LogP contribution is -2.21. The Morgan fingerprint density at radius 1 is 1.21 bits per heavy atom. The van der Waals surface area contributed by atoms with Crippen LogP contribution in [0.25, 0.3) is 11.1 Å². The highest BCUT2D eigenvalue weighted by molar-refractivity contribution is 5.90. The van der Waals surface area contributed by atoms with Crippen molar-refractivity contribution >= 4 is 23.0 Å². The summed E-state index contributed by atoms with van der Waals surface area (Å²) >= 11 is 0. The van der Waals surface area contributed by atoms with E-state index < -0.39 is 17.7 Å². The minimum atomic E-state index is -0.670. The molecule has 0 fully saturated rings. The molecule has 0 spiro atoms. The molecule has 0 N–H and O–H groups in total. The standard InChI is InChI=1S/C16H13NO7/c1-21-15(19)10-6-7-22-13(10)9-23-14(18)8-17-11-4-2-3-5-12(11)24-16(17)20/h2-7H,8-9H2,1H3. The molecular formula is C16H13NO7. The molecule has 3 aromatic rings. The maximum atomic E-state index is 12.0. The molecule has 2 heterocycles. The Morgan fingerprint density at radius 2 is 2.00 bits per heavy atom. The largest absolute Gasteiger partial charge is 0.465 e. The van der Waals surface area contributed by atoms with E-state index in [4.69, 9.17) is 13.6 Å². The Balaban J connectivity index is 1.70. The molecule has 8 nitrogen and oxygen atoms in total. The first-order chi connectivity index (χ1) is 11.6. The first-order valence-electron chi connectivity index (χ1n) is 6.99. The van der Waals surface area contributed by atoms with E-state index in [1.165, 1.54) is 24.0 Å². The van der Waals surface area contributed by atoms with Crippen molar-refractivity contribution in [3.05, 3.63) is 58.5 Å². The highest BCUT2D eigenvalue weighted by Gasteiger charge is 2.18. The number of methoxy groups -OCH3 is 1. The van der Waals surface area contributed by atoms with Crippen LogP contribution < -0.4 is 5.76 Å². The van der Waals surface area contributed by atoms with E-state index in [9.17, 15) is 14.4 Å². The molecule has 8 heteroatoms. The number of nitrogens with zero attached hydrogens (tertiary/aromatic N) is 1. The maximum Gasteiger partial charge on any atom is 0.420 e. The first-order valence-corrected chi connectivity index (χ1v) is 6.99. The van der Waals surface area contributed by atoms with Crippen LogP contribution in [0.2, 0.25) is 0 Å². The predicted molar refractivity (Wildman–Crippen MR) is 80.3 cm³/mol. The van der Waals surface area contributed by atoms with E-state index >= 15 is 0 Å². The van der Waals surface area contributed by atoms with Gasteiger partial charge < -0.3 is 18.3 Å². The molecule has 0 saturated heterocycles. The number of hydrogen-bond donors (Lipinski definition) is 0. The summed E-state index contributed by atoms with van der Waals surface area (Å²) in [6, 6.07) is 8.16. The highest BCUT2D eigenvalue weighted by atomic mass is 16.5. The summed E-state index contributed by atoms with van der Waals surface area (Å²) in [4.78, 5) is 35.3. The number of benzene rings is 1. The second-order valence-electron chi connectivity index (χ2n) is 4.83. The third-order valence-electron chi connectivity index (χ3n) is 3.38. The monoisotopic (exact) mass is 331 g/mol. The third-order valence-corrected chi connectivity index (χ3v) is 3.38. The fourth-order valence-electron chi connectivity index (χ4n) is 2.23. The molecule has 1 aromatic carbocycles. The third kappa shape index (κ3) is 2.94. The molecule has 124 valence electrons. The van der Waals surface area contributed by atoms with E-state index in [1.807, 2.05) is 0 Å². The Kier molecular flexibility index (Phi) is 4.19. The summed E-state index contributed by atoms with van der Waals surface area (Å²) < 4.78 is 21.0. The van der Waals surface area contributed by atoms with Crippen LogP contribution in [-0.4, -0.2) is 23.6 Å². The minimum Gasteiger partial charge on any atom is -0.465 e. The normalized spacial score (nSPS) is 10.7. The van der Waals surface area contributed by atoms with Gasteiger partial charge in [0.1, 0.15) is 18.7 Å². The number of para-hydroxylation sites is 2. The Morgan fingerprint density at radius 3 is 2.79 bits per heavy atom. The number of carbonyl (C=O) groups is 2. The summed E-state index contributed by atoms with van der Waals surface area (Å²) in [6.07, 6.45) is 1.30. The van der Waals surface area contributed by atoms with Crippen molar-refractivity contribution in [2.24, 2.45) is 0 Å². The molecule has 0 aliphatic carbocycles. The van der Waals surface area contributed by atoms with Crippen LogP contribution in [0.15, 0.2) is 50.2 Å². The molecule has 0 bridgehead atoms. The average molecular weight is 331 g/mol. The highest BCUT2D eigenvalue weighted by Crippen LogP contribution is 2.14. The number of esters is 2. The zero-order valence-corrected chi connectivity index (χ0v) is 12.7. The Labute approximate surface area is 135 Å². The van der Waals surface area contributed by atoms with Crippen LogP contribution in [0, 0.1) is 0 Å². The zero-order valence-electron chi connectivity index (χ0n) is 12.7. The van der Waals surface area contributed by atoms with Crippen molar-refractivity contribution in [3.8, 4) is 0 Å². The van der Waals surface area contributed by atoms with Gasteiger partial charge in [0.25, 0.3) is 0 Å². The summed E-state index contributed by atoms with van der Waals surface area (Å²) in [5, 5.41) is 0. The van der Waals surface area contributed by atoms with Gasteiger partial charge >= 0.3 is 17.7 Å². The summed E-state index contributed by atoms with van der Waals surface area (Å²) in [6.45, 7) is -0.565. The molecule has 0 saturated carbocycles. The topological polar surface area (TPSA) is 101 Å². The van der Waals surface area contributed by atoms with E-state index in [2.05, 4.69) is 4.74 Å². The van der Waals surface area contributed by atoms with E-state index in [-0.39, 0.29) is 24.5 Å². The van der Waals surface area contributed by atoms with Crippen LogP contribution in [-0.2, 0) is 27.4 Å². The maximum absolute atomic E-state index is 12.0. The molecule has 24 heavy (non-hydrogen) atoms. The number of rotatable bonds is 5. The second kappa shape index (κ2) is 6.45. The fraction of sp³-hybridized carbons (Fsp3) is 0.188. The molecule has 0 atom stereocenters. The number of fused-ring (bicyclic) bond motifs is 1. The number of oxazole rings is 1. The van der Waals surface area contributed by atoms with Crippen molar-refractivity contribution in [3.63, 3.8) is 0 Å². The number of hydrogen-bond acceptors (Lipinski definition) is 7. The molecular weight excluding hydrogens is 318 g/mol. The second-order valence-corrected chi connectivity index (χ2v) is 4.83. The van der Waals surface area contributed by atoms with Crippen LogP contribution in [0.1, 0.15) is 16.1 Å². The lowest BCUT2D eigenvalue weighted by Gasteiger charge is -2.05. The van der Waals surface area contributed by atoms with E-state index in [1.54, 1.807) is 24.3 Å². The van der Waals surface area contributed by atoms with Crippen molar-refractivity contribution < 1.29 is 27.9 Å². The molecule has 0 radical (unpaired) electrons. The number of carbonyl (C=O) groups excluding carboxylic acids is 2. The predicted octanol–water partition coefficient (Wildman–Crippen LogP) is 1.72. The number of aromatic nitrogens is 1. The van der Waals surface area contributed by atoms with Gasteiger partial charge in [-0.2, -0.15) is 0 Å². The quantitative estimate of drug-likeness (QED) is 0.656. The lowest BCUT2D eigenvalue weighted by atomic mass is 10.2. The Hall–Kier alpha value is -3.29. The molecule has 0 unspecified atom stereocenters. The fourth-order valence-corrected chi connectivity index (χ4v) is 2.23. The summed E-state index contributed by atoms with van der Waals surface area (Å²) in [7, 11) is 1.24. The van der Waals surface area contributed by atoms with Crippen molar-refractivity contribution in [2.75, 3.05) is 7.11 Å². The van der Waals surface area contributed by atoms with Gasteiger partial charge in [0.05, 0.1) is 18.9 Å². The zero-order chi connectivity index (χ0) is 17.1. The van der Waals surface area contributed by atoms with Crippen molar-refractivity contribution in [1.82, 2.24) is 4.57 Å². The van der Waals surface area contributed by atoms with Gasteiger partial charge in [-0.1, -0.05) is 12.1 Å². The van der Waals surface area contributed by atoms with Gasteiger partial charge in [0, 0.05) is 0 Å². The lowest BCUT2D eigenvalue weighted by molar-refractivity contribution is -0.146. The van der Waals surface area contributed by atoms with Gasteiger partial charge in [-0.25, -0.2) is 9.59 Å². The van der Waals surface area contributed by atoms with Crippen molar-refractivity contribution in [2.45, 2.75) is 13.2 Å². The Bertz CT molecular complexity index is 947.